The van der Waals surface area contributed by atoms with Gasteiger partial charge in [0.05, 0.1) is 16.3 Å². The van der Waals surface area contributed by atoms with Crippen molar-refractivity contribution in [3.8, 4) is 17.0 Å². The van der Waals surface area contributed by atoms with E-state index < -0.39 is 28.8 Å². The average molecular weight is 429 g/mol. The van der Waals surface area contributed by atoms with Crippen LogP contribution in [0.5, 0.6) is 5.75 Å². The molecule has 4 rings (SSSR count). The lowest BCUT2D eigenvalue weighted by atomic mass is 10.1. The Morgan fingerprint density at radius 1 is 1.23 bits per heavy atom. The molecule has 2 aromatic carbocycles. The van der Waals surface area contributed by atoms with Gasteiger partial charge in [-0.1, -0.05) is 18.2 Å². The number of anilines is 2. The molecule has 158 valence electrons. The van der Waals surface area contributed by atoms with Gasteiger partial charge in [0.25, 0.3) is 0 Å². The number of benzene rings is 2. The zero-order valence-electron chi connectivity index (χ0n) is 15.9. The molecule has 2 heterocycles. The number of nitrogens with zero attached hydrogens (tertiary/aromatic N) is 4. The van der Waals surface area contributed by atoms with Crippen LogP contribution < -0.4 is 10.1 Å². The minimum Gasteiger partial charge on any atom is -0.432 e. The molecule has 31 heavy (non-hydrogen) atoms. The van der Waals surface area contributed by atoms with Crippen LogP contribution in [0.4, 0.5) is 30.5 Å². The van der Waals surface area contributed by atoms with Crippen molar-refractivity contribution in [1.29, 1.82) is 0 Å². The molecular formula is C20H14F3N5O3. The molecule has 0 unspecified atom stereocenters. The van der Waals surface area contributed by atoms with Crippen LogP contribution >= 0.6 is 0 Å². The second kappa shape index (κ2) is 7.94. The van der Waals surface area contributed by atoms with Crippen LogP contribution in [0.15, 0.2) is 54.9 Å². The van der Waals surface area contributed by atoms with Gasteiger partial charge in [0.15, 0.2) is 5.75 Å². The van der Waals surface area contributed by atoms with E-state index in [1.54, 1.807) is 6.07 Å². The Morgan fingerprint density at radius 2 is 2.00 bits per heavy atom. The monoisotopic (exact) mass is 429 g/mol. The molecule has 0 atom stereocenters. The molecule has 11 heteroatoms. The quantitative estimate of drug-likeness (QED) is 0.341. The largest absolute Gasteiger partial charge is 0.432 e. The van der Waals surface area contributed by atoms with E-state index in [4.69, 9.17) is 0 Å². The lowest BCUT2D eigenvalue weighted by Gasteiger charge is -2.12. The number of halogens is 3. The van der Waals surface area contributed by atoms with E-state index in [1.807, 2.05) is 42.1 Å². The SMILES string of the molecule is Cn1cc(-c2ccnc(Nc3cc([N+](=O)[O-])c(F)cc3OC(F)F)n2)c2ccccc21. The standard InChI is InChI=1S/C20H14F3N5O3/c1-27-10-12(11-4-2-3-5-16(11)27)14-6-7-24-20(25-14)26-15-9-17(28(29)30)13(21)8-18(15)31-19(22)23/h2-10,19H,1H3,(H,24,25,26). The molecule has 0 aliphatic carbocycles. The van der Waals surface area contributed by atoms with Gasteiger partial charge in [-0.15, -0.1) is 0 Å². The first-order valence-electron chi connectivity index (χ1n) is 8.90. The van der Waals surface area contributed by atoms with E-state index in [0.717, 1.165) is 22.5 Å². The summed E-state index contributed by atoms with van der Waals surface area (Å²) in [5, 5.41) is 14.6. The molecule has 2 aromatic heterocycles. The maximum Gasteiger partial charge on any atom is 0.387 e. The molecule has 0 saturated carbocycles. The fourth-order valence-corrected chi connectivity index (χ4v) is 3.21. The van der Waals surface area contributed by atoms with Crippen LogP contribution in [0, 0.1) is 15.9 Å². The van der Waals surface area contributed by atoms with Crippen LogP contribution in [0.2, 0.25) is 0 Å². The van der Waals surface area contributed by atoms with Gasteiger partial charge in [-0.05, 0) is 12.1 Å². The fourth-order valence-electron chi connectivity index (χ4n) is 3.21. The van der Waals surface area contributed by atoms with E-state index in [1.165, 1.54) is 6.20 Å². The predicted molar refractivity (Wildman–Crippen MR) is 107 cm³/mol. The Balaban J connectivity index is 1.75. The summed E-state index contributed by atoms with van der Waals surface area (Å²) in [6.45, 7) is -3.26. The van der Waals surface area contributed by atoms with Gasteiger partial charge in [-0.3, -0.25) is 10.1 Å². The second-order valence-electron chi connectivity index (χ2n) is 6.50. The van der Waals surface area contributed by atoms with Crippen molar-refractivity contribution in [2.75, 3.05) is 5.32 Å². The number of ether oxygens (including phenoxy) is 1. The van der Waals surface area contributed by atoms with Crippen LogP contribution in [-0.2, 0) is 7.05 Å². The predicted octanol–water partition coefficient (Wildman–Crippen LogP) is 5.03. The third-order valence-corrected chi connectivity index (χ3v) is 4.54. The highest BCUT2D eigenvalue weighted by atomic mass is 19.3. The molecular weight excluding hydrogens is 415 g/mol. The van der Waals surface area contributed by atoms with Crippen LogP contribution in [-0.4, -0.2) is 26.1 Å². The number of nitro benzene ring substituents is 1. The Hall–Kier alpha value is -4.15. The smallest absolute Gasteiger partial charge is 0.387 e. The van der Waals surface area contributed by atoms with Gasteiger partial charge in [0.1, 0.15) is 0 Å². The fraction of sp³-hybridized carbons (Fsp3) is 0.100. The van der Waals surface area contributed by atoms with Gasteiger partial charge in [0.2, 0.25) is 11.8 Å². The maximum atomic E-state index is 13.9. The van der Waals surface area contributed by atoms with Gasteiger partial charge in [0, 0.05) is 48.0 Å². The number of nitrogens with one attached hydrogen (secondary N) is 1. The van der Waals surface area contributed by atoms with Crippen molar-refractivity contribution in [1.82, 2.24) is 14.5 Å². The first-order chi connectivity index (χ1) is 14.8. The molecule has 0 aliphatic heterocycles. The summed E-state index contributed by atoms with van der Waals surface area (Å²) in [5.74, 6) is -1.96. The van der Waals surface area contributed by atoms with Crippen molar-refractivity contribution in [3.05, 3.63) is 70.8 Å². The number of rotatable bonds is 6. The maximum absolute atomic E-state index is 13.9. The van der Waals surface area contributed by atoms with Crippen LogP contribution in [0.3, 0.4) is 0 Å². The molecule has 0 fully saturated rings. The van der Waals surface area contributed by atoms with E-state index in [-0.39, 0.29) is 11.6 Å². The van der Waals surface area contributed by atoms with Crippen LogP contribution in [0.1, 0.15) is 0 Å². The summed E-state index contributed by atoms with van der Waals surface area (Å²) in [4.78, 5) is 18.5. The summed E-state index contributed by atoms with van der Waals surface area (Å²) in [7, 11) is 1.89. The Labute approximate surface area is 173 Å². The van der Waals surface area contributed by atoms with E-state index in [2.05, 4.69) is 20.0 Å². The normalized spacial score (nSPS) is 11.1. The van der Waals surface area contributed by atoms with E-state index >= 15 is 0 Å². The molecule has 0 radical (unpaired) electrons. The summed E-state index contributed by atoms with van der Waals surface area (Å²) in [6, 6.07) is 10.6. The van der Waals surface area contributed by atoms with Crippen molar-refractivity contribution in [2.45, 2.75) is 6.61 Å². The number of aromatic nitrogens is 3. The summed E-state index contributed by atoms with van der Waals surface area (Å²) >= 11 is 0. The molecule has 0 aliphatic rings. The van der Waals surface area contributed by atoms with Crippen LogP contribution in [0.25, 0.3) is 22.2 Å². The second-order valence-corrected chi connectivity index (χ2v) is 6.50. The third-order valence-electron chi connectivity index (χ3n) is 4.54. The first kappa shape index (κ1) is 20.1. The molecule has 4 aromatic rings. The molecule has 0 spiro atoms. The highest BCUT2D eigenvalue weighted by Gasteiger charge is 2.22. The molecule has 8 nitrogen and oxygen atoms in total. The van der Waals surface area contributed by atoms with Crippen molar-refractivity contribution < 1.29 is 22.8 Å². The zero-order chi connectivity index (χ0) is 22.1. The highest BCUT2D eigenvalue weighted by Crippen LogP contribution is 2.35. The van der Waals surface area contributed by atoms with Crippen molar-refractivity contribution >= 4 is 28.2 Å². The summed E-state index contributed by atoms with van der Waals surface area (Å²) < 4.78 is 45.6. The number of hydrogen-bond acceptors (Lipinski definition) is 6. The Morgan fingerprint density at radius 3 is 2.74 bits per heavy atom. The molecule has 0 amide bonds. The number of alkyl halides is 2. The minimum absolute atomic E-state index is 0.0366. The summed E-state index contributed by atoms with van der Waals surface area (Å²) in [6.07, 6.45) is 3.32. The first-order valence-corrected chi connectivity index (χ1v) is 8.90. The van der Waals surface area contributed by atoms with Gasteiger partial charge in [-0.2, -0.15) is 13.2 Å². The van der Waals surface area contributed by atoms with E-state index in [9.17, 15) is 23.3 Å². The summed E-state index contributed by atoms with van der Waals surface area (Å²) in [5.41, 5.74) is 1.13. The highest BCUT2D eigenvalue weighted by molar-refractivity contribution is 5.95. The number of para-hydroxylation sites is 1. The molecule has 0 bridgehead atoms. The number of hydrogen-bond donors (Lipinski definition) is 1. The average Bonchev–Trinajstić information content (AvgIpc) is 3.06. The lowest BCUT2D eigenvalue weighted by molar-refractivity contribution is -0.387. The zero-order valence-corrected chi connectivity index (χ0v) is 15.9. The van der Waals surface area contributed by atoms with Gasteiger partial charge >= 0.3 is 12.3 Å². The Kier molecular flexibility index (Phi) is 5.15. The van der Waals surface area contributed by atoms with Crippen molar-refractivity contribution in [3.63, 3.8) is 0 Å². The third kappa shape index (κ3) is 3.97. The number of aryl methyl sites for hydroxylation is 1. The Bertz CT molecular complexity index is 1290. The lowest BCUT2D eigenvalue weighted by Crippen LogP contribution is -2.07. The number of nitro groups is 1. The van der Waals surface area contributed by atoms with Gasteiger partial charge in [-0.25, -0.2) is 9.97 Å². The molecule has 0 saturated heterocycles. The van der Waals surface area contributed by atoms with Gasteiger partial charge < -0.3 is 14.6 Å². The topological polar surface area (TPSA) is 95.1 Å². The van der Waals surface area contributed by atoms with Crippen molar-refractivity contribution in [2.24, 2.45) is 7.05 Å². The van der Waals surface area contributed by atoms with E-state index in [0.29, 0.717) is 11.8 Å². The minimum atomic E-state index is -3.26. The number of fused-ring (bicyclic) bond motifs is 1. The molecule has 1 N–H and O–H groups in total.